The molecule has 0 spiro atoms. The van der Waals surface area contributed by atoms with Crippen LogP contribution in [0.5, 0.6) is 0 Å². The summed E-state index contributed by atoms with van der Waals surface area (Å²) in [5.41, 5.74) is 0. The number of hydrogen-bond donors (Lipinski definition) is 2. The summed E-state index contributed by atoms with van der Waals surface area (Å²) in [5, 5.41) is 11.0. The lowest BCUT2D eigenvalue weighted by atomic mass is 10.1. The highest BCUT2D eigenvalue weighted by atomic mass is 32.2. The van der Waals surface area contributed by atoms with Gasteiger partial charge < -0.3 is 10.4 Å². The summed E-state index contributed by atoms with van der Waals surface area (Å²) in [6.07, 6.45) is 3.84. The first-order valence-corrected chi connectivity index (χ1v) is 7.82. The lowest BCUT2D eigenvalue weighted by molar-refractivity contribution is -0.140. The zero-order valence-corrected chi connectivity index (χ0v) is 11.2. The lowest BCUT2D eigenvalue weighted by Crippen LogP contribution is -2.45. The Kier molecular flexibility index (Phi) is 5.13. The SMILES string of the molecule is CC(=O)N[C@@H](CS(=O)(=O)CC1CCCC1)C(=O)O. The van der Waals surface area contributed by atoms with Crippen LogP contribution in [0.4, 0.5) is 0 Å². The first kappa shape index (κ1) is 14.9. The molecular formula is C11H19NO5S. The summed E-state index contributed by atoms with van der Waals surface area (Å²) in [6, 6.07) is -1.35. The van der Waals surface area contributed by atoms with Crippen LogP contribution in [-0.4, -0.2) is 42.9 Å². The third-order valence-corrected chi connectivity index (χ3v) is 4.88. The van der Waals surface area contributed by atoms with Crippen LogP contribution < -0.4 is 5.32 Å². The topological polar surface area (TPSA) is 101 Å². The van der Waals surface area contributed by atoms with Gasteiger partial charge in [-0.25, -0.2) is 13.2 Å². The van der Waals surface area contributed by atoms with Gasteiger partial charge in [-0.1, -0.05) is 12.8 Å². The van der Waals surface area contributed by atoms with Gasteiger partial charge in [0.2, 0.25) is 5.91 Å². The van der Waals surface area contributed by atoms with Gasteiger partial charge in [0.25, 0.3) is 0 Å². The maximum atomic E-state index is 11.9. The number of carboxylic acid groups (broad SMARTS) is 1. The molecule has 1 amide bonds. The van der Waals surface area contributed by atoms with Crippen molar-refractivity contribution in [1.82, 2.24) is 5.32 Å². The molecule has 1 atom stereocenters. The van der Waals surface area contributed by atoms with E-state index in [1.165, 1.54) is 6.92 Å². The number of amides is 1. The van der Waals surface area contributed by atoms with Crippen molar-refractivity contribution in [3.8, 4) is 0 Å². The number of carbonyl (C=O) groups excluding carboxylic acids is 1. The van der Waals surface area contributed by atoms with Gasteiger partial charge in [-0.3, -0.25) is 4.79 Å². The third kappa shape index (κ3) is 5.03. The largest absolute Gasteiger partial charge is 0.480 e. The molecule has 1 fully saturated rings. The van der Waals surface area contributed by atoms with Crippen LogP contribution in [0.25, 0.3) is 0 Å². The standard InChI is InChI=1S/C11H19NO5S/c1-8(13)12-10(11(14)15)7-18(16,17)6-9-4-2-3-5-9/h9-10H,2-7H2,1H3,(H,12,13)(H,14,15)/t10-/m0/s1. The number of nitrogens with one attached hydrogen (secondary N) is 1. The van der Waals surface area contributed by atoms with Crippen molar-refractivity contribution >= 4 is 21.7 Å². The predicted octanol–water partition coefficient (Wildman–Crippen LogP) is 0.181. The average molecular weight is 277 g/mol. The minimum Gasteiger partial charge on any atom is -0.480 e. The Morgan fingerprint density at radius 1 is 1.33 bits per heavy atom. The molecule has 0 heterocycles. The number of carboxylic acids is 1. The van der Waals surface area contributed by atoms with Crippen molar-refractivity contribution in [3.05, 3.63) is 0 Å². The molecule has 0 aromatic heterocycles. The fourth-order valence-corrected chi connectivity index (χ4v) is 4.20. The molecule has 1 rings (SSSR count). The van der Waals surface area contributed by atoms with E-state index in [0.717, 1.165) is 25.7 Å². The Hall–Kier alpha value is -1.11. The monoisotopic (exact) mass is 277 g/mol. The van der Waals surface area contributed by atoms with Gasteiger partial charge in [-0.2, -0.15) is 0 Å². The Morgan fingerprint density at radius 3 is 2.33 bits per heavy atom. The van der Waals surface area contributed by atoms with Crippen LogP contribution >= 0.6 is 0 Å². The van der Waals surface area contributed by atoms with Gasteiger partial charge in [0.1, 0.15) is 6.04 Å². The van der Waals surface area contributed by atoms with Crippen molar-refractivity contribution in [1.29, 1.82) is 0 Å². The Balaban J connectivity index is 2.60. The first-order chi connectivity index (χ1) is 8.30. The smallest absolute Gasteiger partial charge is 0.327 e. The van der Waals surface area contributed by atoms with Gasteiger partial charge in [-0.05, 0) is 18.8 Å². The van der Waals surface area contributed by atoms with Gasteiger partial charge in [0.15, 0.2) is 9.84 Å². The third-order valence-electron chi connectivity index (χ3n) is 3.06. The second-order valence-electron chi connectivity index (χ2n) is 4.82. The molecule has 7 heteroatoms. The minimum atomic E-state index is -3.45. The fraction of sp³-hybridized carbons (Fsp3) is 0.818. The van der Waals surface area contributed by atoms with Crippen LogP contribution in [0, 0.1) is 5.92 Å². The molecule has 0 radical (unpaired) electrons. The van der Waals surface area contributed by atoms with Gasteiger partial charge >= 0.3 is 5.97 Å². The van der Waals surface area contributed by atoms with E-state index in [2.05, 4.69) is 5.32 Å². The summed E-state index contributed by atoms with van der Waals surface area (Å²) in [6.45, 7) is 1.17. The normalized spacial score (nSPS) is 18.5. The second kappa shape index (κ2) is 6.17. The highest BCUT2D eigenvalue weighted by Crippen LogP contribution is 2.26. The Bertz CT molecular complexity index is 411. The average Bonchev–Trinajstić information content (AvgIpc) is 2.67. The molecule has 2 N–H and O–H groups in total. The van der Waals surface area contributed by atoms with E-state index in [9.17, 15) is 18.0 Å². The van der Waals surface area contributed by atoms with Crippen molar-refractivity contribution in [2.75, 3.05) is 11.5 Å². The molecule has 6 nitrogen and oxygen atoms in total. The number of rotatable bonds is 6. The predicted molar refractivity (Wildman–Crippen MR) is 65.9 cm³/mol. The van der Waals surface area contributed by atoms with E-state index in [4.69, 9.17) is 5.11 Å². The van der Waals surface area contributed by atoms with E-state index in [0.29, 0.717) is 0 Å². The van der Waals surface area contributed by atoms with Crippen LogP contribution in [0.15, 0.2) is 0 Å². The molecule has 0 saturated heterocycles. The molecule has 1 saturated carbocycles. The second-order valence-corrected chi connectivity index (χ2v) is 6.97. The molecule has 0 aromatic rings. The molecule has 0 aliphatic heterocycles. The van der Waals surface area contributed by atoms with E-state index < -0.39 is 33.5 Å². The molecular weight excluding hydrogens is 258 g/mol. The van der Waals surface area contributed by atoms with Crippen molar-refractivity contribution in [2.24, 2.45) is 5.92 Å². The minimum absolute atomic E-state index is 0.0242. The zero-order chi connectivity index (χ0) is 13.8. The molecule has 0 aromatic carbocycles. The van der Waals surface area contributed by atoms with Crippen LogP contribution in [-0.2, 0) is 19.4 Å². The van der Waals surface area contributed by atoms with Crippen LogP contribution in [0.2, 0.25) is 0 Å². The molecule has 0 unspecified atom stereocenters. The van der Waals surface area contributed by atoms with Gasteiger partial charge in [0, 0.05) is 6.92 Å². The van der Waals surface area contributed by atoms with E-state index in [1.54, 1.807) is 0 Å². The summed E-state index contributed by atoms with van der Waals surface area (Å²) in [7, 11) is -3.45. The van der Waals surface area contributed by atoms with E-state index in [1.807, 2.05) is 0 Å². The summed E-state index contributed by atoms with van der Waals surface area (Å²) < 4.78 is 23.7. The highest BCUT2D eigenvalue weighted by molar-refractivity contribution is 7.91. The van der Waals surface area contributed by atoms with Crippen molar-refractivity contribution in [2.45, 2.75) is 38.6 Å². The van der Waals surface area contributed by atoms with E-state index >= 15 is 0 Å². The van der Waals surface area contributed by atoms with Crippen LogP contribution in [0.3, 0.4) is 0 Å². The van der Waals surface area contributed by atoms with E-state index in [-0.39, 0.29) is 11.7 Å². The molecule has 1 aliphatic rings. The zero-order valence-electron chi connectivity index (χ0n) is 10.4. The fourth-order valence-electron chi connectivity index (χ4n) is 2.28. The molecule has 104 valence electrons. The summed E-state index contributed by atoms with van der Waals surface area (Å²) in [5.74, 6) is -2.23. The summed E-state index contributed by atoms with van der Waals surface area (Å²) >= 11 is 0. The van der Waals surface area contributed by atoms with Crippen LogP contribution in [0.1, 0.15) is 32.6 Å². The Morgan fingerprint density at radius 2 is 1.89 bits per heavy atom. The van der Waals surface area contributed by atoms with Crippen molar-refractivity contribution < 1.29 is 23.1 Å². The number of hydrogen-bond acceptors (Lipinski definition) is 4. The summed E-state index contributed by atoms with van der Waals surface area (Å²) in [4.78, 5) is 21.7. The first-order valence-electron chi connectivity index (χ1n) is 6.00. The number of aliphatic carboxylic acids is 1. The highest BCUT2D eigenvalue weighted by Gasteiger charge is 2.29. The quantitative estimate of drug-likeness (QED) is 0.721. The number of sulfone groups is 1. The maximum absolute atomic E-state index is 11.9. The maximum Gasteiger partial charge on any atom is 0.327 e. The number of carbonyl (C=O) groups is 2. The molecule has 18 heavy (non-hydrogen) atoms. The van der Waals surface area contributed by atoms with Gasteiger partial charge in [-0.15, -0.1) is 0 Å². The Labute approximate surface area is 107 Å². The lowest BCUT2D eigenvalue weighted by Gasteiger charge is -2.15. The van der Waals surface area contributed by atoms with Gasteiger partial charge in [0.05, 0.1) is 11.5 Å². The van der Waals surface area contributed by atoms with Crippen molar-refractivity contribution in [3.63, 3.8) is 0 Å². The molecule has 0 bridgehead atoms. The molecule has 1 aliphatic carbocycles.